The van der Waals surface area contributed by atoms with Crippen LogP contribution in [0.4, 0.5) is 0 Å². The summed E-state index contributed by atoms with van der Waals surface area (Å²) in [7, 11) is 0. The van der Waals surface area contributed by atoms with E-state index in [-0.39, 0.29) is 0 Å². The van der Waals surface area contributed by atoms with Gasteiger partial charge in [0.15, 0.2) is 0 Å². The van der Waals surface area contributed by atoms with E-state index in [4.69, 9.17) is 0 Å². The second-order valence-electron chi connectivity index (χ2n) is 9.47. The minimum absolute atomic E-state index is 0.874. The van der Waals surface area contributed by atoms with Gasteiger partial charge in [0, 0.05) is 0 Å². The zero-order valence-corrected chi connectivity index (χ0v) is 17.7. The van der Waals surface area contributed by atoms with Crippen LogP contribution < -0.4 is 0 Å². The molecule has 0 bridgehead atoms. The van der Waals surface area contributed by atoms with Crippen LogP contribution in [0.15, 0.2) is 0 Å². The van der Waals surface area contributed by atoms with Gasteiger partial charge in [-0.05, 0) is 29.6 Å². The molecule has 3 atom stereocenters. The van der Waals surface area contributed by atoms with Gasteiger partial charge < -0.3 is 0 Å². The lowest BCUT2D eigenvalue weighted by Crippen LogP contribution is -2.02. The molecule has 0 aromatic heterocycles. The second-order valence-corrected chi connectivity index (χ2v) is 9.47. The molecule has 0 rings (SSSR count). The highest BCUT2D eigenvalue weighted by Gasteiger charge is 2.08. The van der Waals surface area contributed by atoms with Crippen molar-refractivity contribution >= 4 is 0 Å². The third-order valence-electron chi connectivity index (χ3n) is 5.50. The molecule has 0 aromatic rings. The molecule has 0 aliphatic rings. The van der Waals surface area contributed by atoms with Crippen LogP contribution in [0.25, 0.3) is 0 Å². The van der Waals surface area contributed by atoms with Crippen molar-refractivity contribution < 1.29 is 0 Å². The SMILES string of the molecule is CC(C)CCCC(C)CCCC(C)CCCC(C)CCC(C)C. The van der Waals surface area contributed by atoms with Crippen LogP contribution in [0.3, 0.4) is 0 Å². The standard InChI is InChI=1S/C23H48/c1-19(2)11-8-12-21(5)13-9-14-22(6)15-10-16-23(7)18-17-20(3)4/h19-23H,8-18H2,1-7H3. The Morgan fingerprint density at radius 1 is 0.348 bits per heavy atom. The maximum atomic E-state index is 2.47. The Balaban J connectivity index is 3.50. The fraction of sp³-hybridized carbons (Fsp3) is 1.00. The van der Waals surface area contributed by atoms with Gasteiger partial charge in [0.05, 0.1) is 0 Å². The van der Waals surface area contributed by atoms with Crippen molar-refractivity contribution in [2.45, 2.75) is 119 Å². The summed E-state index contributed by atoms with van der Waals surface area (Å²) in [6, 6.07) is 0. The summed E-state index contributed by atoms with van der Waals surface area (Å²) in [4.78, 5) is 0. The zero-order valence-electron chi connectivity index (χ0n) is 17.7. The molecule has 140 valence electrons. The van der Waals surface area contributed by atoms with E-state index in [0.717, 1.165) is 29.6 Å². The van der Waals surface area contributed by atoms with Gasteiger partial charge in [0.2, 0.25) is 0 Å². The van der Waals surface area contributed by atoms with Gasteiger partial charge in [-0.1, -0.05) is 119 Å². The summed E-state index contributed by atoms with van der Waals surface area (Å²) in [6.45, 7) is 16.8. The van der Waals surface area contributed by atoms with Gasteiger partial charge in [-0.15, -0.1) is 0 Å². The molecule has 0 heterocycles. The van der Waals surface area contributed by atoms with E-state index in [2.05, 4.69) is 48.5 Å². The minimum atomic E-state index is 0.874. The topological polar surface area (TPSA) is 0 Å². The summed E-state index contributed by atoms with van der Waals surface area (Å²) in [5.74, 6) is 4.57. The van der Waals surface area contributed by atoms with Crippen LogP contribution in [0.1, 0.15) is 119 Å². The van der Waals surface area contributed by atoms with Gasteiger partial charge in [-0.3, -0.25) is 0 Å². The normalized spacial score (nSPS) is 16.0. The smallest absolute Gasteiger partial charge is 0.0443 e. The first-order chi connectivity index (χ1) is 10.8. The minimum Gasteiger partial charge on any atom is -0.0628 e. The monoisotopic (exact) mass is 324 g/mol. The van der Waals surface area contributed by atoms with Crippen molar-refractivity contribution in [3.05, 3.63) is 0 Å². The molecule has 0 saturated carbocycles. The van der Waals surface area contributed by atoms with Crippen LogP contribution >= 0.6 is 0 Å². The first-order valence-electron chi connectivity index (χ1n) is 10.8. The lowest BCUT2D eigenvalue weighted by atomic mass is 9.90. The average molecular weight is 325 g/mol. The fourth-order valence-corrected chi connectivity index (χ4v) is 3.55. The zero-order chi connectivity index (χ0) is 17.7. The molecule has 0 saturated heterocycles. The van der Waals surface area contributed by atoms with Gasteiger partial charge in [0.25, 0.3) is 0 Å². The van der Waals surface area contributed by atoms with Crippen molar-refractivity contribution in [2.75, 3.05) is 0 Å². The molecule has 3 unspecified atom stereocenters. The number of hydrogen-bond donors (Lipinski definition) is 0. The molecule has 0 spiro atoms. The summed E-state index contributed by atoms with van der Waals surface area (Å²) >= 11 is 0. The largest absolute Gasteiger partial charge is 0.0628 e. The predicted molar refractivity (Wildman–Crippen MR) is 108 cm³/mol. The fourth-order valence-electron chi connectivity index (χ4n) is 3.55. The van der Waals surface area contributed by atoms with Crippen LogP contribution in [-0.2, 0) is 0 Å². The molecule has 0 heteroatoms. The Labute approximate surface area is 149 Å². The summed E-state index contributed by atoms with van der Waals surface area (Å²) in [6.07, 6.45) is 15.8. The van der Waals surface area contributed by atoms with Gasteiger partial charge in [0.1, 0.15) is 0 Å². The van der Waals surface area contributed by atoms with Crippen LogP contribution in [0.2, 0.25) is 0 Å². The first-order valence-corrected chi connectivity index (χ1v) is 10.8. The van der Waals surface area contributed by atoms with E-state index >= 15 is 0 Å². The van der Waals surface area contributed by atoms with E-state index in [9.17, 15) is 0 Å². The lowest BCUT2D eigenvalue weighted by molar-refractivity contribution is 0.366. The molecule has 0 fully saturated rings. The Bertz CT molecular complexity index is 240. The number of rotatable bonds is 15. The van der Waals surface area contributed by atoms with E-state index in [1.54, 1.807) is 0 Å². The Kier molecular flexibility index (Phi) is 14.4. The van der Waals surface area contributed by atoms with E-state index in [0.29, 0.717) is 0 Å². The molecule has 0 nitrogen and oxygen atoms in total. The third-order valence-corrected chi connectivity index (χ3v) is 5.50. The molecular weight excluding hydrogens is 276 g/mol. The van der Waals surface area contributed by atoms with Gasteiger partial charge >= 0.3 is 0 Å². The average Bonchev–Trinajstić information content (AvgIpc) is 2.44. The van der Waals surface area contributed by atoms with E-state index < -0.39 is 0 Å². The molecular formula is C23H48. The first kappa shape index (κ1) is 23.0. The van der Waals surface area contributed by atoms with Gasteiger partial charge in [-0.2, -0.15) is 0 Å². The lowest BCUT2D eigenvalue weighted by Gasteiger charge is -2.16. The van der Waals surface area contributed by atoms with Crippen LogP contribution in [0.5, 0.6) is 0 Å². The summed E-state index contributed by atoms with van der Waals surface area (Å²) in [5.41, 5.74) is 0. The van der Waals surface area contributed by atoms with E-state index in [1.165, 1.54) is 70.6 Å². The summed E-state index contributed by atoms with van der Waals surface area (Å²) < 4.78 is 0. The highest BCUT2D eigenvalue weighted by Crippen LogP contribution is 2.23. The van der Waals surface area contributed by atoms with Crippen LogP contribution in [0, 0.1) is 29.6 Å². The van der Waals surface area contributed by atoms with Crippen molar-refractivity contribution in [2.24, 2.45) is 29.6 Å². The maximum absolute atomic E-state index is 2.47. The molecule has 0 N–H and O–H groups in total. The Morgan fingerprint density at radius 3 is 1.00 bits per heavy atom. The Hall–Kier alpha value is 0. The second kappa shape index (κ2) is 14.4. The Morgan fingerprint density at radius 2 is 0.652 bits per heavy atom. The van der Waals surface area contributed by atoms with E-state index in [1.807, 2.05) is 0 Å². The molecule has 0 radical (unpaired) electrons. The quantitative estimate of drug-likeness (QED) is 0.283. The predicted octanol–water partition coefficient (Wildman–Crippen LogP) is 8.50. The molecule has 0 aliphatic heterocycles. The number of hydrogen-bond acceptors (Lipinski definition) is 0. The third kappa shape index (κ3) is 16.6. The van der Waals surface area contributed by atoms with Crippen molar-refractivity contribution in [1.29, 1.82) is 0 Å². The van der Waals surface area contributed by atoms with Crippen molar-refractivity contribution in [3.8, 4) is 0 Å². The highest BCUT2D eigenvalue weighted by molar-refractivity contribution is 4.61. The van der Waals surface area contributed by atoms with Gasteiger partial charge in [-0.25, -0.2) is 0 Å². The maximum Gasteiger partial charge on any atom is -0.0443 e. The van der Waals surface area contributed by atoms with Crippen LogP contribution in [-0.4, -0.2) is 0 Å². The van der Waals surface area contributed by atoms with Crippen molar-refractivity contribution in [3.63, 3.8) is 0 Å². The van der Waals surface area contributed by atoms with Crippen molar-refractivity contribution in [1.82, 2.24) is 0 Å². The highest BCUT2D eigenvalue weighted by atomic mass is 14.1. The molecule has 0 aromatic carbocycles. The molecule has 23 heavy (non-hydrogen) atoms. The summed E-state index contributed by atoms with van der Waals surface area (Å²) in [5, 5.41) is 0. The molecule has 0 amide bonds. The molecule has 0 aliphatic carbocycles.